The van der Waals surface area contributed by atoms with Gasteiger partial charge in [-0.05, 0) is 50.5 Å². The van der Waals surface area contributed by atoms with Crippen LogP contribution in [0.2, 0.25) is 0 Å². The van der Waals surface area contributed by atoms with Crippen molar-refractivity contribution in [2.45, 2.75) is 56.4 Å². The highest BCUT2D eigenvalue weighted by Crippen LogP contribution is 2.21. The van der Waals surface area contributed by atoms with Crippen molar-refractivity contribution in [3.8, 4) is 5.75 Å². The molecule has 1 saturated carbocycles. The smallest absolute Gasteiger partial charge is 0.257 e. The summed E-state index contributed by atoms with van der Waals surface area (Å²) in [6, 6.07) is 6.16. The first kappa shape index (κ1) is 21.7. The number of benzene rings is 1. The van der Waals surface area contributed by atoms with Crippen molar-refractivity contribution in [2.24, 2.45) is 0 Å². The van der Waals surface area contributed by atoms with E-state index in [0.29, 0.717) is 25.5 Å². The quantitative estimate of drug-likeness (QED) is 0.558. The average molecular weight is 399 g/mol. The van der Waals surface area contributed by atoms with Gasteiger partial charge in [0.05, 0.1) is 4.90 Å². The summed E-state index contributed by atoms with van der Waals surface area (Å²) in [5.41, 5.74) is 0. The number of hydrogen-bond donors (Lipinski definition) is 2. The molecular formula is C19H30N2O5S. The first-order chi connectivity index (χ1) is 13.0. The third kappa shape index (κ3) is 7.86. The van der Waals surface area contributed by atoms with Crippen molar-refractivity contribution in [3.63, 3.8) is 0 Å². The van der Waals surface area contributed by atoms with E-state index in [4.69, 9.17) is 9.47 Å². The second-order valence-corrected chi connectivity index (χ2v) is 8.33. The highest BCUT2D eigenvalue weighted by atomic mass is 32.2. The summed E-state index contributed by atoms with van der Waals surface area (Å²) in [4.78, 5) is 11.9. The molecule has 1 aliphatic rings. The van der Waals surface area contributed by atoms with E-state index in [0.717, 1.165) is 32.1 Å². The number of hydrogen-bond acceptors (Lipinski definition) is 5. The zero-order valence-electron chi connectivity index (χ0n) is 15.9. The van der Waals surface area contributed by atoms with Crippen LogP contribution in [0.25, 0.3) is 0 Å². The summed E-state index contributed by atoms with van der Waals surface area (Å²) in [5, 5.41) is 2.74. The van der Waals surface area contributed by atoms with E-state index in [-0.39, 0.29) is 23.5 Å². The van der Waals surface area contributed by atoms with Crippen molar-refractivity contribution in [3.05, 3.63) is 24.3 Å². The lowest BCUT2D eigenvalue weighted by molar-refractivity contribution is -0.123. The molecule has 1 amide bonds. The molecule has 2 rings (SSSR count). The van der Waals surface area contributed by atoms with Crippen LogP contribution >= 0.6 is 0 Å². The molecule has 1 aromatic rings. The van der Waals surface area contributed by atoms with E-state index >= 15 is 0 Å². The number of sulfonamides is 1. The molecule has 0 spiro atoms. The summed E-state index contributed by atoms with van der Waals surface area (Å²) in [6.45, 7) is 3.63. The Kier molecular flexibility index (Phi) is 9.03. The molecule has 0 heterocycles. The average Bonchev–Trinajstić information content (AvgIpc) is 2.67. The third-order valence-electron chi connectivity index (χ3n) is 4.42. The second kappa shape index (κ2) is 11.3. The van der Waals surface area contributed by atoms with Gasteiger partial charge in [-0.1, -0.05) is 19.3 Å². The Hall–Kier alpha value is -1.64. The van der Waals surface area contributed by atoms with Crippen LogP contribution in [0.4, 0.5) is 0 Å². The van der Waals surface area contributed by atoms with E-state index in [1.807, 2.05) is 6.92 Å². The lowest BCUT2D eigenvalue weighted by Gasteiger charge is -2.22. The van der Waals surface area contributed by atoms with Crippen LogP contribution in [0.3, 0.4) is 0 Å². The maximum atomic E-state index is 12.4. The standard InChI is InChI=1S/C19H30N2O5S/c1-2-25-14-6-13-20-19(22)15-26-17-9-11-18(12-10-17)27(23,24)21-16-7-4-3-5-8-16/h9-12,16,21H,2-8,13-15H2,1H3,(H,20,22). The fourth-order valence-corrected chi connectivity index (χ4v) is 4.27. The zero-order valence-corrected chi connectivity index (χ0v) is 16.7. The van der Waals surface area contributed by atoms with Crippen LogP contribution in [-0.4, -0.2) is 46.7 Å². The minimum Gasteiger partial charge on any atom is -0.484 e. The summed E-state index contributed by atoms with van der Waals surface area (Å²) < 4.78 is 38.3. The minimum absolute atomic E-state index is 0.0195. The Morgan fingerprint density at radius 3 is 2.52 bits per heavy atom. The Labute approximate surface area is 161 Å². The van der Waals surface area contributed by atoms with Gasteiger partial charge in [-0.3, -0.25) is 4.79 Å². The molecular weight excluding hydrogens is 368 g/mol. The van der Waals surface area contributed by atoms with Gasteiger partial charge in [-0.25, -0.2) is 13.1 Å². The molecule has 7 nitrogen and oxygen atoms in total. The zero-order chi connectivity index (χ0) is 19.5. The Balaban J connectivity index is 1.76. The van der Waals surface area contributed by atoms with Gasteiger partial charge in [-0.2, -0.15) is 0 Å². The fourth-order valence-electron chi connectivity index (χ4n) is 2.97. The van der Waals surface area contributed by atoms with Crippen LogP contribution in [0, 0.1) is 0 Å². The van der Waals surface area contributed by atoms with Crippen LogP contribution in [0.15, 0.2) is 29.2 Å². The maximum Gasteiger partial charge on any atom is 0.257 e. The number of carbonyl (C=O) groups is 1. The molecule has 0 aliphatic heterocycles. The van der Waals surface area contributed by atoms with Gasteiger partial charge in [0.2, 0.25) is 10.0 Å². The SMILES string of the molecule is CCOCCCNC(=O)COc1ccc(S(=O)(=O)NC2CCCCC2)cc1. The van der Waals surface area contributed by atoms with Crippen molar-refractivity contribution in [2.75, 3.05) is 26.4 Å². The van der Waals surface area contributed by atoms with E-state index in [1.54, 1.807) is 12.1 Å². The van der Waals surface area contributed by atoms with Crippen molar-refractivity contribution >= 4 is 15.9 Å². The molecule has 0 unspecified atom stereocenters. The second-order valence-electron chi connectivity index (χ2n) is 6.62. The molecule has 0 bridgehead atoms. The molecule has 0 aromatic heterocycles. The molecule has 27 heavy (non-hydrogen) atoms. The third-order valence-corrected chi connectivity index (χ3v) is 5.96. The van der Waals surface area contributed by atoms with Gasteiger partial charge in [0.1, 0.15) is 5.75 Å². The number of amides is 1. The number of carbonyl (C=O) groups excluding carboxylic acids is 1. The number of ether oxygens (including phenoxy) is 2. The molecule has 0 atom stereocenters. The molecule has 0 saturated heterocycles. The van der Waals surface area contributed by atoms with E-state index in [2.05, 4.69) is 10.0 Å². The summed E-state index contributed by atoms with van der Waals surface area (Å²) in [5.74, 6) is 0.234. The monoisotopic (exact) mass is 398 g/mol. The normalized spacial score (nSPS) is 15.4. The number of rotatable bonds is 11. The Bertz CT molecular complexity index is 670. The summed E-state index contributed by atoms with van der Waals surface area (Å²) in [6.07, 6.45) is 5.83. The van der Waals surface area contributed by atoms with E-state index in [1.165, 1.54) is 18.6 Å². The number of nitrogens with one attached hydrogen (secondary N) is 2. The molecule has 2 N–H and O–H groups in total. The topological polar surface area (TPSA) is 93.7 Å². The van der Waals surface area contributed by atoms with E-state index in [9.17, 15) is 13.2 Å². The lowest BCUT2D eigenvalue weighted by Crippen LogP contribution is -2.36. The van der Waals surface area contributed by atoms with Crippen molar-refractivity contribution < 1.29 is 22.7 Å². The molecule has 1 aliphatic carbocycles. The van der Waals surface area contributed by atoms with Crippen LogP contribution in [0.1, 0.15) is 45.4 Å². The Morgan fingerprint density at radius 2 is 1.85 bits per heavy atom. The minimum atomic E-state index is -3.52. The molecule has 1 aromatic carbocycles. The van der Waals surface area contributed by atoms with Gasteiger partial charge < -0.3 is 14.8 Å². The molecule has 0 radical (unpaired) electrons. The van der Waals surface area contributed by atoms with Crippen LogP contribution < -0.4 is 14.8 Å². The van der Waals surface area contributed by atoms with Gasteiger partial charge in [0.25, 0.3) is 5.91 Å². The predicted octanol–water partition coefficient (Wildman–Crippen LogP) is 2.22. The maximum absolute atomic E-state index is 12.4. The highest BCUT2D eigenvalue weighted by Gasteiger charge is 2.21. The first-order valence-corrected chi connectivity index (χ1v) is 11.1. The summed E-state index contributed by atoms with van der Waals surface area (Å²) in [7, 11) is -3.52. The molecule has 1 fully saturated rings. The van der Waals surface area contributed by atoms with Crippen molar-refractivity contribution in [1.82, 2.24) is 10.0 Å². The van der Waals surface area contributed by atoms with Gasteiger partial charge in [-0.15, -0.1) is 0 Å². The lowest BCUT2D eigenvalue weighted by atomic mass is 9.96. The van der Waals surface area contributed by atoms with E-state index < -0.39 is 10.0 Å². The highest BCUT2D eigenvalue weighted by molar-refractivity contribution is 7.89. The van der Waals surface area contributed by atoms with Crippen LogP contribution in [0.5, 0.6) is 5.75 Å². The van der Waals surface area contributed by atoms with Gasteiger partial charge in [0, 0.05) is 25.8 Å². The Morgan fingerprint density at radius 1 is 1.15 bits per heavy atom. The first-order valence-electron chi connectivity index (χ1n) is 9.61. The van der Waals surface area contributed by atoms with Gasteiger partial charge >= 0.3 is 0 Å². The molecule has 8 heteroatoms. The van der Waals surface area contributed by atoms with Crippen LogP contribution in [-0.2, 0) is 19.6 Å². The molecule has 152 valence electrons. The summed E-state index contributed by atoms with van der Waals surface area (Å²) >= 11 is 0. The largest absolute Gasteiger partial charge is 0.484 e. The fraction of sp³-hybridized carbons (Fsp3) is 0.632. The van der Waals surface area contributed by atoms with Crippen molar-refractivity contribution in [1.29, 1.82) is 0 Å². The predicted molar refractivity (Wildman–Crippen MR) is 103 cm³/mol. The van der Waals surface area contributed by atoms with Gasteiger partial charge in [0.15, 0.2) is 6.61 Å².